The maximum Gasteiger partial charge on any atom is 0.408 e. The van der Waals surface area contributed by atoms with Gasteiger partial charge < -0.3 is 15.4 Å². The summed E-state index contributed by atoms with van der Waals surface area (Å²) in [7, 11) is 0. The van der Waals surface area contributed by atoms with E-state index in [1.807, 2.05) is 85.4 Å². The van der Waals surface area contributed by atoms with Gasteiger partial charge in [-0.2, -0.15) is 5.10 Å². The Bertz CT molecular complexity index is 989. The van der Waals surface area contributed by atoms with Gasteiger partial charge in [0.15, 0.2) is 0 Å². The summed E-state index contributed by atoms with van der Waals surface area (Å²) in [5, 5.41) is 9.90. The molecule has 0 aliphatic rings. The standard InChI is InChI=1S/C25H30N4O3/c1-3-19(2)23(28-25(31)32-18-20-9-5-4-6-10-20)24(30)26-16-21-11-7-12-22(15-21)17-29-14-8-13-27-29/h4-15,19,23H,3,16-18H2,1-2H3,(H,26,30)(H,28,31)/t19-,23-/m0/s1. The third-order valence-corrected chi connectivity index (χ3v) is 5.34. The van der Waals surface area contributed by atoms with Crippen LogP contribution in [-0.2, 0) is 29.2 Å². The van der Waals surface area contributed by atoms with Crippen LogP contribution in [0.5, 0.6) is 0 Å². The van der Waals surface area contributed by atoms with Crippen LogP contribution in [0.2, 0.25) is 0 Å². The molecule has 1 heterocycles. The van der Waals surface area contributed by atoms with E-state index < -0.39 is 12.1 Å². The lowest BCUT2D eigenvalue weighted by Gasteiger charge is -2.23. The number of nitrogens with zero attached hydrogens (tertiary/aromatic N) is 2. The zero-order chi connectivity index (χ0) is 22.8. The highest BCUT2D eigenvalue weighted by Crippen LogP contribution is 2.11. The smallest absolute Gasteiger partial charge is 0.408 e. The number of carbonyl (C=O) groups excluding carboxylic acids is 2. The molecule has 3 aromatic rings. The number of alkyl carbamates (subject to hydrolysis) is 1. The largest absolute Gasteiger partial charge is 0.445 e. The second-order valence-corrected chi connectivity index (χ2v) is 7.81. The third kappa shape index (κ3) is 6.97. The van der Waals surface area contributed by atoms with Crippen molar-refractivity contribution in [3.63, 3.8) is 0 Å². The Morgan fingerprint density at radius 2 is 1.78 bits per heavy atom. The summed E-state index contributed by atoms with van der Waals surface area (Å²) in [6.45, 7) is 5.12. The fraction of sp³-hybridized carbons (Fsp3) is 0.320. The molecule has 0 saturated carbocycles. The highest BCUT2D eigenvalue weighted by Gasteiger charge is 2.26. The Labute approximate surface area is 188 Å². The van der Waals surface area contributed by atoms with Gasteiger partial charge in [0.25, 0.3) is 0 Å². The zero-order valence-electron chi connectivity index (χ0n) is 18.5. The minimum absolute atomic E-state index is 0.0366. The molecule has 0 aliphatic carbocycles. The molecule has 0 radical (unpaired) electrons. The van der Waals surface area contributed by atoms with E-state index in [0.717, 1.165) is 23.1 Å². The van der Waals surface area contributed by atoms with Crippen molar-refractivity contribution in [3.8, 4) is 0 Å². The van der Waals surface area contributed by atoms with E-state index in [2.05, 4.69) is 15.7 Å². The van der Waals surface area contributed by atoms with Gasteiger partial charge in [-0.3, -0.25) is 9.48 Å². The summed E-state index contributed by atoms with van der Waals surface area (Å²) in [6, 6.07) is 18.7. The van der Waals surface area contributed by atoms with Crippen LogP contribution in [0, 0.1) is 5.92 Å². The SMILES string of the molecule is CC[C@H](C)[C@H](NC(=O)OCc1ccccc1)C(=O)NCc1cccc(Cn2cccn2)c1. The second kappa shape index (κ2) is 11.7. The number of aromatic nitrogens is 2. The van der Waals surface area contributed by atoms with Crippen molar-refractivity contribution in [1.29, 1.82) is 0 Å². The molecule has 2 aromatic carbocycles. The summed E-state index contributed by atoms with van der Waals surface area (Å²) in [5.74, 6) is -0.265. The maximum atomic E-state index is 12.9. The minimum atomic E-state index is -0.671. The fourth-order valence-electron chi connectivity index (χ4n) is 3.31. The first-order chi connectivity index (χ1) is 15.5. The molecule has 2 amide bonds. The maximum absolute atomic E-state index is 12.9. The molecule has 0 bridgehead atoms. The first-order valence-electron chi connectivity index (χ1n) is 10.8. The van der Waals surface area contributed by atoms with E-state index in [-0.39, 0.29) is 18.4 Å². The molecule has 0 spiro atoms. The Hall–Kier alpha value is -3.61. The van der Waals surface area contributed by atoms with Crippen molar-refractivity contribution < 1.29 is 14.3 Å². The van der Waals surface area contributed by atoms with Gasteiger partial charge >= 0.3 is 6.09 Å². The molecule has 0 fully saturated rings. The quantitative estimate of drug-likeness (QED) is 0.507. The van der Waals surface area contributed by atoms with Crippen molar-refractivity contribution >= 4 is 12.0 Å². The first kappa shape index (κ1) is 23.1. The Kier molecular flexibility index (Phi) is 8.43. The van der Waals surface area contributed by atoms with Crippen LogP contribution < -0.4 is 10.6 Å². The van der Waals surface area contributed by atoms with Gasteiger partial charge in [-0.05, 0) is 28.7 Å². The molecule has 2 N–H and O–H groups in total. The fourth-order valence-corrected chi connectivity index (χ4v) is 3.31. The number of rotatable bonds is 10. The average molecular weight is 435 g/mol. The second-order valence-electron chi connectivity index (χ2n) is 7.81. The van der Waals surface area contributed by atoms with Crippen molar-refractivity contribution in [3.05, 3.63) is 89.7 Å². The number of amides is 2. The van der Waals surface area contributed by atoms with Gasteiger partial charge in [-0.15, -0.1) is 0 Å². The third-order valence-electron chi connectivity index (χ3n) is 5.34. The Morgan fingerprint density at radius 1 is 1.03 bits per heavy atom. The zero-order valence-corrected chi connectivity index (χ0v) is 18.5. The topological polar surface area (TPSA) is 85.2 Å². The van der Waals surface area contributed by atoms with Crippen LogP contribution in [-0.4, -0.2) is 27.8 Å². The monoisotopic (exact) mass is 434 g/mol. The Morgan fingerprint density at radius 3 is 2.50 bits per heavy atom. The normalized spacial score (nSPS) is 12.6. The van der Waals surface area contributed by atoms with Crippen LogP contribution in [0.3, 0.4) is 0 Å². The summed E-state index contributed by atoms with van der Waals surface area (Å²) in [4.78, 5) is 25.2. The molecular formula is C25H30N4O3. The molecule has 7 heteroatoms. The van der Waals surface area contributed by atoms with Gasteiger partial charge in [0.1, 0.15) is 12.6 Å². The van der Waals surface area contributed by atoms with Crippen LogP contribution in [0.25, 0.3) is 0 Å². The summed E-state index contributed by atoms with van der Waals surface area (Å²) in [6.07, 6.45) is 3.80. The number of carbonyl (C=O) groups is 2. The predicted octanol–water partition coefficient (Wildman–Crippen LogP) is 3.89. The number of nitrogens with one attached hydrogen (secondary N) is 2. The highest BCUT2D eigenvalue weighted by atomic mass is 16.5. The Balaban J connectivity index is 1.54. The van der Waals surface area contributed by atoms with E-state index in [4.69, 9.17) is 4.74 Å². The van der Waals surface area contributed by atoms with Gasteiger partial charge in [0.05, 0.1) is 6.54 Å². The van der Waals surface area contributed by atoms with Crippen LogP contribution in [0.4, 0.5) is 4.79 Å². The highest BCUT2D eigenvalue weighted by molar-refractivity contribution is 5.85. The lowest BCUT2D eigenvalue weighted by Crippen LogP contribution is -2.50. The number of hydrogen-bond donors (Lipinski definition) is 2. The van der Waals surface area contributed by atoms with Crippen LogP contribution >= 0.6 is 0 Å². The van der Waals surface area contributed by atoms with Gasteiger partial charge in [0.2, 0.25) is 5.91 Å². The van der Waals surface area contributed by atoms with Crippen molar-refractivity contribution in [2.75, 3.05) is 0 Å². The first-order valence-corrected chi connectivity index (χ1v) is 10.8. The number of benzene rings is 2. The van der Waals surface area contributed by atoms with Gasteiger partial charge in [0, 0.05) is 18.9 Å². The van der Waals surface area contributed by atoms with E-state index in [0.29, 0.717) is 13.1 Å². The van der Waals surface area contributed by atoms with Crippen molar-refractivity contribution in [2.24, 2.45) is 5.92 Å². The van der Waals surface area contributed by atoms with Crippen molar-refractivity contribution in [2.45, 2.75) is 46.0 Å². The molecule has 0 saturated heterocycles. The van der Waals surface area contributed by atoms with Gasteiger partial charge in [-0.1, -0.05) is 74.9 Å². The predicted molar refractivity (Wildman–Crippen MR) is 123 cm³/mol. The molecule has 1 aromatic heterocycles. The van der Waals surface area contributed by atoms with E-state index in [9.17, 15) is 9.59 Å². The van der Waals surface area contributed by atoms with Crippen LogP contribution in [0.15, 0.2) is 73.1 Å². The molecule has 7 nitrogen and oxygen atoms in total. The lowest BCUT2D eigenvalue weighted by atomic mass is 9.98. The molecule has 3 rings (SSSR count). The molecule has 2 atom stereocenters. The minimum Gasteiger partial charge on any atom is -0.445 e. The summed E-state index contributed by atoms with van der Waals surface area (Å²) in [5.41, 5.74) is 2.97. The molecular weight excluding hydrogens is 404 g/mol. The number of ether oxygens (including phenoxy) is 1. The van der Waals surface area contributed by atoms with Crippen LogP contribution in [0.1, 0.15) is 37.0 Å². The van der Waals surface area contributed by atoms with E-state index in [1.54, 1.807) is 6.20 Å². The summed E-state index contributed by atoms with van der Waals surface area (Å²) < 4.78 is 7.14. The molecule has 168 valence electrons. The lowest BCUT2D eigenvalue weighted by molar-refractivity contribution is -0.124. The average Bonchev–Trinajstić information content (AvgIpc) is 3.33. The van der Waals surface area contributed by atoms with E-state index in [1.165, 1.54) is 0 Å². The molecule has 0 aliphatic heterocycles. The molecule has 0 unspecified atom stereocenters. The van der Waals surface area contributed by atoms with Crippen molar-refractivity contribution in [1.82, 2.24) is 20.4 Å². The molecule has 32 heavy (non-hydrogen) atoms. The van der Waals surface area contributed by atoms with Gasteiger partial charge in [-0.25, -0.2) is 4.79 Å². The number of hydrogen-bond acceptors (Lipinski definition) is 4. The summed E-state index contributed by atoms with van der Waals surface area (Å²) >= 11 is 0. The van der Waals surface area contributed by atoms with E-state index >= 15 is 0 Å².